The van der Waals surface area contributed by atoms with Gasteiger partial charge in [0, 0.05) is 19.1 Å². The van der Waals surface area contributed by atoms with E-state index in [0.717, 1.165) is 12.8 Å². The average Bonchev–Trinajstić information content (AvgIpc) is 2.30. The lowest BCUT2D eigenvalue weighted by molar-refractivity contribution is 0.273. The van der Waals surface area contributed by atoms with Gasteiger partial charge in [0.2, 0.25) is 10.0 Å². The normalized spacial score (nSPS) is 14.7. The molecule has 5 heteroatoms. The molecule has 0 aliphatic rings. The van der Waals surface area contributed by atoms with Crippen molar-refractivity contribution in [2.75, 3.05) is 13.1 Å². The average molecular weight is 278 g/mol. The maximum Gasteiger partial charge on any atom is 0.218 e. The van der Waals surface area contributed by atoms with E-state index in [0.29, 0.717) is 18.9 Å². The standard InChI is InChI=1S/C13H30N2O2S/c1-6-12(7-2)15(10-11(4)5)18(16,17)13(8-3)9-14/h11-13H,6-10,14H2,1-5H3. The van der Waals surface area contributed by atoms with Crippen molar-refractivity contribution in [3.63, 3.8) is 0 Å². The summed E-state index contributed by atoms with van der Waals surface area (Å²) in [7, 11) is -3.27. The summed E-state index contributed by atoms with van der Waals surface area (Å²) in [5.74, 6) is 0.329. The van der Waals surface area contributed by atoms with Gasteiger partial charge in [-0.25, -0.2) is 8.42 Å². The molecular formula is C13H30N2O2S. The second kappa shape index (κ2) is 8.12. The molecule has 0 aromatic rings. The SMILES string of the molecule is CCC(CC)N(CC(C)C)S(=O)(=O)C(CC)CN. The van der Waals surface area contributed by atoms with Crippen LogP contribution in [0.4, 0.5) is 0 Å². The van der Waals surface area contributed by atoms with Crippen LogP contribution in [0.3, 0.4) is 0 Å². The summed E-state index contributed by atoms with van der Waals surface area (Å²) in [6.45, 7) is 10.9. The monoisotopic (exact) mass is 278 g/mol. The molecule has 0 aliphatic carbocycles. The molecule has 4 nitrogen and oxygen atoms in total. The highest BCUT2D eigenvalue weighted by atomic mass is 32.2. The maximum absolute atomic E-state index is 12.6. The van der Waals surface area contributed by atoms with Crippen LogP contribution in [-0.2, 0) is 10.0 Å². The first-order chi connectivity index (χ1) is 8.34. The van der Waals surface area contributed by atoms with E-state index < -0.39 is 15.3 Å². The Balaban J connectivity index is 5.28. The highest BCUT2D eigenvalue weighted by Gasteiger charge is 2.33. The van der Waals surface area contributed by atoms with Gasteiger partial charge >= 0.3 is 0 Å². The molecule has 0 bridgehead atoms. The fourth-order valence-electron chi connectivity index (χ4n) is 2.21. The highest BCUT2D eigenvalue weighted by molar-refractivity contribution is 7.89. The number of hydrogen-bond donors (Lipinski definition) is 1. The number of rotatable bonds is 9. The molecule has 0 aromatic heterocycles. The van der Waals surface area contributed by atoms with Crippen molar-refractivity contribution in [1.29, 1.82) is 0 Å². The van der Waals surface area contributed by atoms with Crippen LogP contribution in [0.25, 0.3) is 0 Å². The van der Waals surface area contributed by atoms with Gasteiger partial charge in [-0.3, -0.25) is 0 Å². The zero-order valence-electron chi connectivity index (χ0n) is 12.5. The maximum atomic E-state index is 12.6. The van der Waals surface area contributed by atoms with Gasteiger partial charge in [0.15, 0.2) is 0 Å². The predicted octanol–water partition coefficient (Wildman–Crippen LogP) is 2.20. The van der Waals surface area contributed by atoms with Gasteiger partial charge < -0.3 is 5.73 Å². The van der Waals surface area contributed by atoms with Crippen molar-refractivity contribution in [3.05, 3.63) is 0 Å². The predicted molar refractivity (Wildman–Crippen MR) is 78.0 cm³/mol. The molecule has 0 saturated heterocycles. The first-order valence-corrected chi connectivity index (χ1v) is 8.55. The lowest BCUT2D eigenvalue weighted by Crippen LogP contribution is -2.48. The van der Waals surface area contributed by atoms with Gasteiger partial charge in [0.05, 0.1) is 5.25 Å². The summed E-state index contributed by atoms with van der Waals surface area (Å²) >= 11 is 0. The van der Waals surface area contributed by atoms with Crippen molar-refractivity contribution in [1.82, 2.24) is 4.31 Å². The van der Waals surface area contributed by atoms with Crippen molar-refractivity contribution in [3.8, 4) is 0 Å². The van der Waals surface area contributed by atoms with Gasteiger partial charge in [0.1, 0.15) is 0 Å². The van der Waals surface area contributed by atoms with Crippen molar-refractivity contribution in [2.24, 2.45) is 11.7 Å². The molecule has 0 heterocycles. The van der Waals surface area contributed by atoms with Crippen LogP contribution in [0, 0.1) is 5.92 Å². The summed E-state index contributed by atoms with van der Waals surface area (Å²) in [6.07, 6.45) is 2.28. The van der Waals surface area contributed by atoms with Crippen LogP contribution in [-0.4, -0.2) is 37.1 Å². The molecule has 1 unspecified atom stereocenters. The van der Waals surface area contributed by atoms with Gasteiger partial charge in [-0.05, 0) is 25.2 Å². The molecule has 0 rings (SSSR count). The second-order valence-electron chi connectivity index (χ2n) is 5.24. The summed E-state index contributed by atoms with van der Waals surface area (Å²) in [4.78, 5) is 0. The molecule has 1 atom stereocenters. The molecule has 0 amide bonds. The van der Waals surface area contributed by atoms with Crippen LogP contribution in [0.2, 0.25) is 0 Å². The Labute approximate surface area is 113 Å². The fraction of sp³-hybridized carbons (Fsp3) is 1.00. The molecule has 0 fully saturated rings. The van der Waals surface area contributed by atoms with Crippen molar-refractivity contribution >= 4 is 10.0 Å². The minimum absolute atomic E-state index is 0.0954. The quantitative estimate of drug-likeness (QED) is 0.703. The summed E-state index contributed by atoms with van der Waals surface area (Å²) in [6, 6.07) is 0.0954. The van der Waals surface area contributed by atoms with E-state index in [-0.39, 0.29) is 12.6 Å². The summed E-state index contributed by atoms with van der Waals surface area (Å²) in [5, 5.41) is -0.447. The third-order valence-electron chi connectivity index (χ3n) is 3.36. The fourth-order valence-corrected chi connectivity index (χ4v) is 4.47. The van der Waals surface area contributed by atoms with Crippen LogP contribution in [0.5, 0.6) is 0 Å². The molecule has 0 radical (unpaired) electrons. The first kappa shape index (κ1) is 17.9. The van der Waals surface area contributed by atoms with Crippen LogP contribution in [0.1, 0.15) is 53.9 Å². The largest absolute Gasteiger partial charge is 0.329 e. The molecule has 18 heavy (non-hydrogen) atoms. The zero-order chi connectivity index (χ0) is 14.3. The topological polar surface area (TPSA) is 63.4 Å². The molecule has 0 saturated carbocycles. The van der Waals surface area contributed by atoms with E-state index >= 15 is 0 Å². The summed E-state index contributed by atoms with van der Waals surface area (Å²) < 4.78 is 27.0. The summed E-state index contributed by atoms with van der Waals surface area (Å²) in [5.41, 5.74) is 5.62. The number of nitrogens with two attached hydrogens (primary N) is 1. The highest BCUT2D eigenvalue weighted by Crippen LogP contribution is 2.20. The lowest BCUT2D eigenvalue weighted by Gasteiger charge is -2.33. The first-order valence-electron chi connectivity index (χ1n) is 7.05. The molecule has 0 aromatic carbocycles. The Kier molecular flexibility index (Phi) is 8.06. The van der Waals surface area contributed by atoms with E-state index in [9.17, 15) is 8.42 Å². The zero-order valence-corrected chi connectivity index (χ0v) is 13.3. The molecular weight excluding hydrogens is 248 g/mol. The van der Waals surface area contributed by atoms with Gasteiger partial charge in [-0.15, -0.1) is 0 Å². The van der Waals surface area contributed by atoms with Crippen LogP contribution >= 0.6 is 0 Å². The van der Waals surface area contributed by atoms with Gasteiger partial charge in [-0.2, -0.15) is 4.31 Å². The van der Waals surface area contributed by atoms with Crippen molar-refractivity contribution in [2.45, 2.75) is 65.2 Å². The van der Waals surface area contributed by atoms with E-state index in [4.69, 9.17) is 5.73 Å². The Morgan fingerprint density at radius 2 is 1.56 bits per heavy atom. The molecule has 0 spiro atoms. The minimum atomic E-state index is -3.27. The number of nitrogens with zero attached hydrogens (tertiary/aromatic N) is 1. The van der Waals surface area contributed by atoms with E-state index in [2.05, 4.69) is 0 Å². The van der Waals surface area contributed by atoms with Gasteiger partial charge in [-0.1, -0.05) is 34.6 Å². The van der Waals surface area contributed by atoms with Gasteiger partial charge in [0.25, 0.3) is 0 Å². The smallest absolute Gasteiger partial charge is 0.218 e. The Bertz CT molecular complexity index is 307. The second-order valence-corrected chi connectivity index (χ2v) is 7.41. The van der Waals surface area contributed by atoms with Crippen LogP contribution in [0.15, 0.2) is 0 Å². The Morgan fingerprint density at radius 3 is 1.83 bits per heavy atom. The Hall–Kier alpha value is -0.130. The van der Waals surface area contributed by atoms with E-state index in [1.54, 1.807) is 4.31 Å². The van der Waals surface area contributed by atoms with Crippen LogP contribution < -0.4 is 5.73 Å². The number of hydrogen-bond acceptors (Lipinski definition) is 3. The third kappa shape index (κ3) is 4.52. The van der Waals surface area contributed by atoms with Crippen molar-refractivity contribution < 1.29 is 8.42 Å². The van der Waals surface area contributed by atoms with E-state index in [1.165, 1.54) is 0 Å². The third-order valence-corrected chi connectivity index (χ3v) is 5.83. The Morgan fingerprint density at radius 1 is 1.06 bits per heavy atom. The molecule has 110 valence electrons. The minimum Gasteiger partial charge on any atom is -0.329 e. The number of sulfonamides is 1. The molecule has 0 aliphatic heterocycles. The van der Waals surface area contributed by atoms with E-state index in [1.807, 2.05) is 34.6 Å². The molecule has 2 N–H and O–H groups in total. The lowest BCUT2D eigenvalue weighted by atomic mass is 10.1.